The average molecular weight is 330 g/mol. The van der Waals surface area contributed by atoms with Crippen LogP contribution in [0.1, 0.15) is 5.56 Å². The lowest BCUT2D eigenvalue weighted by atomic mass is 10.1. The second-order valence-electron chi connectivity index (χ2n) is 5.22. The third kappa shape index (κ3) is 2.10. The van der Waals surface area contributed by atoms with Crippen molar-refractivity contribution in [2.24, 2.45) is 0 Å². The van der Waals surface area contributed by atoms with E-state index in [-0.39, 0.29) is 33.8 Å². The predicted octanol–water partition coefficient (Wildman–Crippen LogP) is 2.60. The van der Waals surface area contributed by atoms with E-state index in [1.807, 2.05) is 0 Å². The smallest absolute Gasteiger partial charge is 0.239 e. The van der Waals surface area contributed by atoms with Crippen LogP contribution in [0.4, 0.5) is 0 Å². The minimum absolute atomic E-state index is 0.00652. The number of fused-ring (bicyclic) bond motifs is 1. The van der Waals surface area contributed by atoms with Gasteiger partial charge in [0.05, 0.1) is 7.11 Å². The molecule has 24 heavy (non-hydrogen) atoms. The van der Waals surface area contributed by atoms with Crippen molar-refractivity contribution in [3.8, 4) is 40.1 Å². The van der Waals surface area contributed by atoms with Gasteiger partial charge in [0.15, 0.2) is 17.1 Å². The minimum atomic E-state index is -0.697. The lowest BCUT2D eigenvalue weighted by Gasteiger charge is -2.13. The fourth-order valence-corrected chi connectivity index (χ4v) is 2.47. The van der Waals surface area contributed by atoms with E-state index in [4.69, 9.17) is 9.15 Å². The van der Waals surface area contributed by atoms with Gasteiger partial charge >= 0.3 is 0 Å². The first-order chi connectivity index (χ1) is 11.4. The Morgan fingerprint density at radius 1 is 0.958 bits per heavy atom. The summed E-state index contributed by atoms with van der Waals surface area (Å²) in [4.78, 5) is 12.7. The molecule has 3 rings (SSSR count). The molecular formula is C17H14O7. The Morgan fingerprint density at radius 3 is 2.17 bits per heavy atom. The van der Waals surface area contributed by atoms with E-state index in [9.17, 15) is 25.2 Å². The van der Waals surface area contributed by atoms with Gasteiger partial charge in [0.2, 0.25) is 16.9 Å². The zero-order valence-electron chi connectivity index (χ0n) is 12.8. The first kappa shape index (κ1) is 15.5. The Morgan fingerprint density at radius 2 is 1.58 bits per heavy atom. The first-order valence-corrected chi connectivity index (χ1v) is 6.94. The molecule has 0 fully saturated rings. The molecule has 124 valence electrons. The zero-order chi connectivity index (χ0) is 17.6. The summed E-state index contributed by atoms with van der Waals surface area (Å²) in [5.74, 6) is -1.88. The molecule has 4 N–H and O–H groups in total. The van der Waals surface area contributed by atoms with Gasteiger partial charge in [-0.15, -0.1) is 0 Å². The summed E-state index contributed by atoms with van der Waals surface area (Å²) in [6.07, 6.45) is 0. The molecule has 7 nitrogen and oxygen atoms in total. The standard InChI is InChI=1S/C17H14O7/c1-7-11(19)10-13(21)17(23-2)15(8-3-5-9(18)6-4-8)24-16(10)14(22)12(7)20/h3-6,18-20,22H,1-2H3. The Bertz CT molecular complexity index is 1000. The minimum Gasteiger partial charge on any atom is -0.508 e. The van der Waals surface area contributed by atoms with Crippen LogP contribution in [0, 0.1) is 6.92 Å². The molecule has 0 unspecified atom stereocenters. The van der Waals surface area contributed by atoms with Crippen LogP contribution in [0.25, 0.3) is 22.3 Å². The van der Waals surface area contributed by atoms with E-state index >= 15 is 0 Å². The third-order valence-corrected chi connectivity index (χ3v) is 3.79. The maximum atomic E-state index is 12.7. The zero-order valence-corrected chi connectivity index (χ0v) is 12.8. The normalized spacial score (nSPS) is 10.9. The Kier molecular flexibility index (Phi) is 3.48. The van der Waals surface area contributed by atoms with Crippen LogP contribution >= 0.6 is 0 Å². The molecule has 1 heterocycles. The van der Waals surface area contributed by atoms with Crippen molar-refractivity contribution in [2.45, 2.75) is 6.92 Å². The maximum absolute atomic E-state index is 12.7. The van der Waals surface area contributed by atoms with Crippen molar-refractivity contribution in [1.29, 1.82) is 0 Å². The van der Waals surface area contributed by atoms with Crippen molar-refractivity contribution in [2.75, 3.05) is 7.11 Å². The second kappa shape index (κ2) is 5.38. The number of benzene rings is 2. The molecule has 0 spiro atoms. The van der Waals surface area contributed by atoms with Gasteiger partial charge in [0, 0.05) is 11.1 Å². The number of aromatic hydroxyl groups is 4. The molecule has 0 amide bonds. The van der Waals surface area contributed by atoms with Crippen LogP contribution in [0.2, 0.25) is 0 Å². The van der Waals surface area contributed by atoms with Gasteiger partial charge in [0.25, 0.3) is 0 Å². The molecule has 0 radical (unpaired) electrons. The Balaban J connectivity index is 2.48. The summed E-state index contributed by atoms with van der Waals surface area (Å²) < 4.78 is 10.7. The maximum Gasteiger partial charge on any atom is 0.239 e. The number of ether oxygens (including phenoxy) is 1. The lowest BCUT2D eigenvalue weighted by Crippen LogP contribution is -2.08. The molecule has 0 aliphatic carbocycles. The van der Waals surface area contributed by atoms with Crippen molar-refractivity contribution in [1.82, 2.24) is 0 Å². The van der Waals surface area contributed by atoms with Gasteiger partial charge in [-0.1, -0.05) is 0 Å². The summed E-state index contributed by atoms with van der Waals surface area (Å²) in [6, 6.07) is 5.77. The highest BCUT2D eigenvalue weighted by Gasteiger charge is 2.25. The monoisotopic (exact) mass is 330 g/mol. The molecule has 2 aromatic carbocycles. The van der Waals surface area contributed by atoms with Crippen molar-refractivity contribution >= 4 is 11.0 Å². The van der Waals surface area contributed by atoms with Gasteiger partial charge in [-0.2, -0.15) is 0 Å². The fourth-order valence-electron chi connectivity index (χ4n) is 2.47. The quantitative estimate of drug-likeness (QED) is 0.421. The van der Waals surface area contributed by atoms with E-state index in [0.29, 0.717) is 5.56 Å². The number of hydrogen-bond acceptors (Lipinski definition) is 7. The van der Waals surface area contributed by atoms with Crippen molar-refractivity contribution in [3.05, 3.63) is 40.1 Å². The molecule has 7 heteroatoms. The molecule has 3 aromatic rings. The van der Waals surface area contributed by atoms with Crippen LogP contribution in [-0.2, 0) is 0 Å². The Labute approximate surface area is 135 Å². The van der Waals surface area contributed by atoms with Crippen LogP contribution in [-0.4, -0.2) is 27.5 Å². The van der Waals surface area contributed by atoms with E-state index in [0.717, 1.165) is 0 Å². The number of phenols is 4. The lowest BCUT2D eigenvalue weighted by molar-refractivity contribution is 0.380. The van der Waals surface area contributed by atoms with Gasteiger partial charge < -0.3 is 29.6 Å². The molecule has 0 atom stereocenters. The molecular weight excluding hydrogens is 316 g/mol. The molecule has 0 bridgehead atoms. The second-order valence-corrected chi connectivity index (χ2v) is 5.22. The van der Waals surface area contributed by atoms with Crippen LogP contribution < -0.4 is 10.2 Å². The fraction of sp³-hybridized carbons (Fsp3) is 0.118. The van der Waals surface area contributed by atoms with E-state index in [2.05, 4.69) is 0 Å². The van der Waals surface area contributed by atoms with Crippen LogP contribution in [0.5, 0.6) is 28.7 Å². The SMILES string of the molecule is COc1c(-c2ccc(O)cc2)oc2c(O)c(O)c(C)c(O)c2c1=O. The summed E-state index contributed by atoms with van der Waals surface area (Å²) in [6.45, 7) is 1.35. The van der Waals surface area contributed by atoms with Crippen LogP contribution in [0.3, 0.4) is 0 Å². The summed E-state index contributed by atoms with van der Waals surface area (Å²) >= 11 is 0. The molecule has 0 saturated carbocycles. The largest absolute Gasteiger partial charge is 0.508 e. The van der Waals surface area contributed by atoms with E-state index in [1.54, 1.807) is 0 Å². The molecule has 0 aliphatic heterocycles. The van der Waals surface area contributed by atoms with Crippen molar-refractivity contribution in [3.63, 3.8) is 0 Å². The average Bonchev–Trinajstić information content (AvgIpc) is 2.58. The van der Waals surface area contributed by atoms with E-state index < -0.39 is 22.7 Å². The number of methoxy groups -OCH3 is 1. The summed E-state index contributed by atoms with van der Waals surface area (Å²) in [5, 5.41) is 39.2. The van der Waals surface area contributed by atoms with Gasteiger partial charge in [0.1, 0.15) is 16.9 Å². The molecule has 0 saturated heterocycles. The first-order valence-electron chi connectivity index (χ1n) is 6.94. The van der Waals surface area contributed by atoms with Gasteiger partial charge in [-0.05, 0) is 31.2 Å². The van der Waals surface area contributed by atoms with E-state index in [1.165, 1.54) is 38.3 Å². The van der Waals surface area contributed by atoms with Crippen LogP contribution in [0.15, 0.2) is 33.5 Å². The van der Waals surface area contributed by atoms with Gasteiger partial charge in [-0.25, -0.2) is 0 Å². The third-order valence-electron chi connectivity index (χ3n) is 3.79. The highest BCUT2D eigenvalue weighted by molar-refractivity contribution is 5.94. The molecule has 1 aromatic heterocycles. The van der Waals surface area contributed by atoms with Crippen molar-refractivity contribution < 1.29 is 29.6 Å². The summed E-state index contributed by atoms with van der Waals surface area (Å²) in [5.41, 5.74) is -0.698. The topological polar surface area (TPSA) is 120 Å². The predicted molar refractivity (Wildman–Crippen MR) is 85.9 cm³/mol. The number of rotatable bonds is 2. The Hall–Kier alpha value is -3.35. The number of phenolic OH excluding ortho intramolecular Hbond substituents is 4. The summed E-state index contributed by atoms with van der Waals surface area (Å²) in [7, 11) is 1.27. The highest BCUT2D eigenvalue weighted by Crippen LogP contribution is 2.44. The number of hydrogen-bond donors (Lipinski definition) is 4. The van der Waals surface area contributed by atoms with Gasteiger partial charge in [-0.3, -0.25) is 4.79 Å². The highest BCUT2D eigenvalue weighted by atomic mass is 16.5. The molecule has 0 aliphatic rings.